The average Bonchev–Trinajstić information content (AvgIpc) is 2.35. The summed E-state index contributed by atoms with van der Waals surface area (Å²) in [5, 5.41) is 3.60. The molecule has 0 saturated carbocycles. The lowest BCUT2D eigenvalue weighted by Gasteiger charge is -2.16. The second-order valence-corrected chi connectivity index (χ2v) is 4.43. The van der Waals surface area contributed by atoms with Gasteiger partial charge in [-0.2, -0.15) is 0 Å². The Kier molecular flexibility index (Phi) is 6.17. The van der Waals surface area contributed by atoms with Crippen LogP contribution in [-0.4, -0.2) is 12.6 Å². The fourth-order valence-electron chi connectivity index (χ4n) is 1.90. The van der Waals surface area contributed by atoms with Gasteiger partial charge in [-0.3, -0.25) is 0 Å². The van der Waals surface area contributed by atoms with E-state index in [2.05, 4.69) is 50.4 Å². The molecule has 1 nitrogen and oxygen atoms in total. The van der Waals surface area contributed by atoms with E-state index in [9.17, 15) is 0 Å². The second-order valence-electron chi connectivity index (χ2n) is 4.43. The number of rotatable bonds is 7. The van der Waals surface area contributed by atoms with Gasteiger partial charge in [-0.25, -0.2) is 0 Å². The van der Waals surface area contributed by atoms with E-state index in [0.29, 0.717) is 6.04 Å². The van der Waals surface area contributed by atoms with Crippen molar-refractivity contribution in [3.63, 3.8) is 0 Å². The third-order valence-electron chi connectivity index (χ3n) is 3.09. The molecule has 1 atom stereocenters. The highest BCUT2D eigenvalue weighted by atomic mass is 14.9. The first-order chi connectivity index (χ1) is 7.80. The monoisotopic (exact) mass is 219 g/mol. The summed E-state index contributed by atoms with van der Waals surface area (Å²) in [7, 11) is 0. The molecule has 90 valence electrons. The van der Waals surface area contributed by atoms with Crippen LogP contribution in [0.3, 0.4) is 0 Å². The number of hydrogen-bond acceptors (Lipinski definition) is 1. The lowest BCUT2D eigenvalue weighted by atomic mass is 10.0. The Morgan fingerprint density at radius 1 is 1.00 bits per heavy atom. The van der Waals surface area contributed by atoms with Gasteiger partial charge >= 0.3 is 0 Å². The molecule has 0 radical (unpaired) electrons. The van der Waals surface area contributed by atoms with Crippen molar-refractivity contribution in [2.45, 2.75) is 52.5 Å². The van der Waals surface area contributed by atoms with E-state index in [4.69, 9.17) is 0 Å². The molecule has 0 spiro atoms. The van der Waals surface area contributed by atoms with Crippen molar-refractivity contribution in [3.05, 3.63) is 35.4 Å². The fraction of sp³-hybridized carbons (Fsp3) is 0.600. The zero-order chi connectivity index (χ0) is 11.8. The van der Waals surface area contributed by atoms with Gasteiger partial charge in [-0.15, -0.1) is 0 Å². The van der Waals surface area contributed by atoms with Gasteiger partial charge in [-0.05, 0) is 43.4 Å². The molecule has 0 aromatic heterocycles. The standard InChI is InChI=1S/C15H25N/c1-4-11-16-15(6-3)12-14-9-7-13(5-2)8-10-14/h7-10,15-16H,4-6,11-12H2,1-3H3. The molecule has 0 aliphatic rings. The third-order valence-corrected chi connectivity index (χ3v) is 3.09. The molecule has 1 N–H and O–H groups in total. The smallest absolute Gasteiger partial charge is 0.0105 e. The van der Waals surface area contributed by atoms with E-state index in [-0.39, 0.29) is 0 Å². The molecule has 0 aliphatic carbocycles. The average molecular weight is 219 g/mol. The summed E-state index contributed by atoms with van der Waals surface area (Å²) in [6, 6.07) is 9.68. The third kappa shape index (κ3) is 4.36. The maximum atomic E-state index is 3.60. The molecule has 0 amide bonds. The summed E-state index contributed by atoms with van der Waals surface area (Å²) in [5.74, 6) is 0. The Labute approximate surface area is 100 Å². The molecule has 0 saturated heterocycles. The minimum Gasteiger partial charge on any atom is -0.314 e. The van der Waals surface area contributed by atoms with Gasteiger partial charge in [-0.1, -0.05) is 45.0 Å². The van der Waals surface area contributed by atoms with Gasteiger partial charge in [0.2, 0.25) is 0 Å². The molecule has 1 unspecified atom stereocenters. The van der Waals surface area contributed by atoms with Gasteiger partial charge < -0.3 is 5.32 Å². The maximum Gasteiger partial charge on any atom is 0.0105 e. The van der Waals surface area contributed by atoms with Crippen LogP contribution < -0.4 is 5.32 Å². The Balaban J connectivity index is 2.49. The molecule has 1 rings (SSSR count). The summed E-state index contributed by atoms with van der Waals surface area (Å²) in [5.41, 5.74) is 2.88. The van der Waals surface area contributed by atoms with Gasteiger partial charge in [0, 0.05) is 6.04 Å². The van der Waals surface area contributed by atoms with E-state index in [1.165, 1.54) is 24.0 Å². The normalized spacial score (nSPS) is 12.7. The Hall–Kier alpha value is -0.820. The van der Waals surface area contributed by atoms with Crippen LogP contribution in [0.25, 0.3) is 0 Å². The summed E-state index contributed by atoms with van der Waals surface area (Å²) in [6.07, 6.45) is 4.70. The van der Waals surface area contributed by atoms with Crippen LogP contribution in [0.5, 0.6) is 0 Å². The first kappa shape index (κ1) is 13.2. The van der Waals surface area contributed by atoms with Crippen LogP contribution in [0.1, 0.15) is 44.7 Å². The van der Waals surface area contributed by atoms with Gasteiger partial charge in [0.15, 0.2) is 0 Å². The molecule has 1 aromatic carbocycles. The minimum absolute atomic E-state index is 0.632. The number of aryl methyl sites for hydroxylation is 1. The molecular formula is C15H25N. The highest BCUT2D eigenvalue weighted by molar-refractivity contribution is 5.23. The van der Waals surface area contributed by atoms with Crippen LogP contribution in [0.15, 0.2) is 24.3 Å². The highest BCUT2D eigenvalue weighted by Gasteiger charge is 2.05. The molecule has 0 bridgehead atoms. The molecule has 0 fully saturated rings. The Morgan fingerprint density at radius 3 is 2.12 bits per heavy atom. The van der Waals surface area contributed by atoms with Crippen LogP contribution in [0.4, 0.5) is 0 Å². The van der Waals surface area contributed by atoms with Crippen molar-refractivity contribution in [2.24, 2.45) is 0 Å². The van der Waals surface area contributed by atoms with Crippen molar-refractivity contribution in [2.75, 3.05) is 6.54 Å². The minimum atomic E-state index is 0.632. The molecule has 16 heavy (non-hydrogen) atoms. The Bertz CT molecular complexity index is 276. The summed E-state index contributed by atoms with van der Waals surface area (Å²) < 4.78 is 0. The first-order valence-corrected chi connectivity index (χ1v) is 6.61. The quantitative estimate of drug-likeness (QED) is 0.739. The summed E-state index contributed by atoms with van der Waals surface area (Å²) in [4.78, 5) is 0. The molecule has 0 heterocycles. The Morgan fingerprint density at radius 2 is 1.62 bits per heavy atom. The predicted octanol–water partition coefficient (Wildman–Crippen LogP) is 3.57. The molecule has 1 heteroatoms. The molecular weight excluding hydrogens is 194 g/mol. The van der Waals surface area contributed by atoms with Crippen LogP contribution >= 0.6 is 0 Å². The molecule has 1 aromatic rings. The number of nitrogens with one attached hydrogen (secondary N) is 1. The van der Waals surface area contributed by atoms with Gasteiger partial charge in [0.1, 0.15) is 0 Å². The fourth-order valence-corrected chi connectivity index (χ4v) is 1.90. The first-order valence-electron chi connectivity index (χ1n) is 6.61. The van der Waals surface area contributed by atoms with E-state index in [1.807, 2.05) is 0 Å². The summed E-state index contributed by atoms with van der Waals surface area (Å²) in [6.45, 7) is 7.81. The van der Waals surface area contributed by atoms with Gasteiger partial charge in [0.05, 0.1) is 0 Å². The van der Waals surface area contributed by atoms with Crippen LogP contribution in [-0.2, 0) is 12.8 Å². The number of hydrogen-bond donors (Lipinski definition) is 1. The van der Waals surface area contributed by atoms with Crippen LogP contribution in [0.2, 0.25) is 0 Å². The van der Waals surface area contributed by atoms with Crippen molar-refractivity contribution in [1.82, 2.24) is 5.32 Å². The SMILES string of the molecule is CCCNC(CC)Cc1ccc(CC)cc1. The van der Waals surface area contributed by atoms with E-state index < -0.39 is 0 Å². The largest absolute Gasteiger partial charge is 0.314 e. The maximum absolute atomic E-state index is 3.60. The van der Waals surface area contributed by atoms with Gasteiger partial charge in [0.25, 0.3) is 0 Å². The zero-order valence-electron chi connectivity index (χ0n) is 10.9. The van der Waals surface area contributed by atoms with E-state index in [0.717, 1.165) is 19.4 Å². The second kappa shape index (κ2) is 7.45. The zero-order valence-corrected chi connectivity index (χ0v) is 10.9. The van der Waals surface area contributed by atoms with E-state index >= 15 is 0 Å². The van der Waals surface area contributed by atoms with Crippen LogP contribution in [0, 0.1) is 0 Å². The molecule has 0 aliphatic heterocycles. The van der Waals surface area contributed by atoms with Crippen molar-refractivity contribution >= 4 is 0 Å². The predicted molar refractivity (Wildman–Crippen MR) is 71.9 cm³/mol. The number of benzene rings is 1. The van der Waals surface area contributed by atoms with Crippen molar-refractivity contribution in [3.8, 4) is 0 Å². The highest BCUT2D eigenvalue weighted by Crippen LogP contribution is 2.09. The van der Waals surface area contributed by atoms with Crippen molar-refractivity contribution < 1.29 is 0 Å². The van der Waals surface area contributed by atoms with E-state index in [1.54, 1.807) is 0 Å². The summed E-state index contributed by atoms with van der Waals surface area (Å²) >= 11 is 0. The van der Waals surface area contributed by atoms with Crippen molar-refractivity contribution in [1.29, 1.82) is 0 Å². The topological polar surface area (TPSA) is 12.0 Å². The lowest BCUT2D eigenvalue weighted by molar-refractivity contribution is 0.494. The lowest BCUT2D eigenvalue weighted by Crippen LogP contribution is -2.31.